The Morgan fingerprint density at radius 1 is 1.45 bits per heavy atom. The number of likely N-dealkylation sites (tertiary alicyclic amines) is 1. The Morgan fingerprint density at radius 2 is 2.32 bits per heavy atom. The van der Waals surface area contributed by atoms with E-state index in [1.807, 2.05) is 19.1 Å². The summed E-state index contributed by atoms with van der Waals surface area (Å²) in [5, 5.41) is 2.95. The Morgan fingerprint density at radius 3 is 3.14 bits per heavy atom. The number of anilines is 2. The monoisotopic (exact) mass is 301 g/mol. The highest BCUT2D eigenvalue weighted by Gasteiger charge is 2.46. The van der Waals surface area contributed by atoms with Crippen molar-refractivity contribution in [1.29, 1.82) is 0 Å². The maximum atomic E-state index is 12.0. The van der Waals surface area contributed by atoms with Gasteiger partial charge in [-0.15, -0.1) is 0 Å². The van der Waals surface area contributed by atoms with Gasteiger partial charge in [0.2, 0.25) is 5.91 Å². The van der Waals surface area contributed by atoms with Crippen molar-refractivity contribution in [3.63, 3.8) is 0 Å². The van der Waals surface area contributed by atoms with Crippen LogP contribution in [0.25, 0.3) is 0 Å². The number of rotatable bonds is 1. The average Bonchev–Trinajstić information content (AvgIpc) is 2.83. The number of amides is 2. The number of para-hydroxylation sites is 1. The van der Waals surface area contributed by atoms with Gasteiger partial charge in [0.05, 0.1) is 24.5 Å². The molecule has 0 saturated carbocycles. The molecule has 2 unspecified atom stereocenters. The SMILES string of the molecule is CCOC(=O)N1CCC2C(C1)c1cccc3c1N2CC(=O)N3. The predicted octanol–water partition coefficient (Wildman–Crippen LogP) is 1.77. The molecule has 0 radical (unpaired) electrons. The van der Waals surface area contributed by atoms with Gasteiger partial charge in [-0.25, -0.2) is 4.79 Å². The molecule has 1 aromatic rings. The second kappa shape index (κ2) is 4.90. The van der Waals surface area contributed by atoms with Crippen LogP contribution in [0, 0.1) is 0 Å². The van der Waals surface area contributed by atoms with Crippen LogP contribution in [-0.2, 0) is 9.53 Å². The van der Waals surface area contributed by atoms with Gasteiger partial charge in [-0.1, -0.05) is 12.1 Å². The molecule has 116 valence electrons. The summed E-state index contributed by atoms with van der Waals surface area (Å²) in [4.78, 5) is 27.9. The van der Waals surface area contributed by atoms with E-state index < -0.39 is 0 Å². The lowest BCUT2D eigenvalue weighted by Gasteiger charge is -2.39. The molecule has 6 heteroatoms. The molecule has 3 heterocycles. The number of carbonyl (C=O) groups is 2. The molecule has 22 heavy (non-hydrogen) atoms. The van der Waals surface area contributed by atoms with E-state index in [0.29, 0.717) is 32.3 Å². The van der Waals surface area contributed by atoms with Gasteiger partial charge in [0.25, 0.3) is 0 Å². The Kier molecular flexibility index (Phi) is 2.99. The van der Waals surface area contributed by atoms with E-state index in [2.05, 4.69) is 16.3 Å². The van der Waals surface area contributed by atoms with E-state index in [1.165, 1.54) is 5.56 Å². The van der Waals surface area contributed by atoms with Crippen molar-refractivity contribution in [1.82, 2.24) is 4.90 Å². The standard InChI is InChI=1S/C16H19N3O3/c1-2-22-16(21)18-7-6-13-11(8-18)10-4-3-5-12-15(10)19(13)9-14(20)17-12/h3-5,11,13H,2,6-9H2,1H3,(H,17,20). The van der Waals surface area contributed by atoms with Gasteiger partial charge < -0.3 is 19.9 Å². The third-order valence-electron chi connectivity index (χ3n) is 4.84. The van der Waals surface area contributed by atoms with Gasteiger partial charge >= 0.3 is 6.09 Å². The van der Waals surface area contributed by atoms with E-state index in [9.17, 15) is 9.59 Å². The molecule has 0 spiro atoms. The minimum atomic E-state index is -0.235. The van der Waals surface area contributed by atoms with E-state index >= 15 is 0 Å². The zero-order valence-electron chi connectivity index (χ0n) is 12.5. The normalized spacial score (nSPS) is 25.4. The highest BCUT2D eigenvalue weighted by Crippen LogP contribution is 2.49. The maximum Gasteiger partial charge on any atom is 0.409 e. The second-order valence-electron chi connectivity index (χ2n) is 6.03. The third kappa shape index (κ3) is 1.86. The molecule has 0 aliphatic carbocycles. The Hall–Kier alpha value is -2.24. The Bertz CT molecular complexity index is 646. The maximum absolute atomic E-state index is 12.0. The van der Waals surface area contributed by atoms with Gasteiger partial charge in [0, 0.05) is 25.0 Å². The van der Waals surface area contributed by atoms with E-state index in [4.69, 9.17) is 4.74 Å². The lowest BCUT2D eigenvalue weighted by molar-refractivity contribution is -0.115. The number of ether oxygens (including phenoxy) is 1. The van der Waals surface area contributed by atoms with Gasteiger partial charge in [0.1, 0.15) is 0 Å². The number of hydrogen-bond acceptors (Lipinski definition) is 4. The van der Waals surface area contributed by atoms with Crippen molar-refractivity contribution in [3.8, 4) is 0 Å². The molecular weight excluding hydrogens is 282 g/mol. The number of hydrogen-bond donors (Lipinski definition) is 1. The van der Waals surface area contributed by atoms with Crippen molar-refractivity contribution < 1.29 is 14.3 Å². The van der Waals surface area contributed by atoms with E-state index in [1.54, 1.807) is 4.90 Å². The first kappa shape index (κ1) is 13.4. The van der Waals surface area contributed by atoms with Crippen molar-refractivity contribution >= 4 is 23.4 Å². The minimum absolute atomic E-state index is 0.0399. The lowest BCUT2D eigenvalue weighted by atomic mass is 9.89. The van der Waals surface area contributed by atoms with Crippen LogP contribution in [0.3, 0.4) is 0 Å². The first-order valence-corrected chi connectivity index (χ1v) is 7.80. The summed E-state index contributed by atoms with van der Waals surface area (Å²) in [6.07, 6.45) is 0.631. The molecule has 1 saturated heterocycles. The van der Waals surface area contributed by atoms with Crippen LogP contribution in [0.2, 0.25) is 0 Å². The average molecular weight is 301 g/mol. The highest BCUT2D eigenvalue weighted by molar-refractivity contribution is 6.03. The van der Waals surface area contributed by atoms with Crippen LogP contribution in [0.4, 0.5) is 16.2 Å². The molecule has 1 fully saturated rings. The van der Waals surface area contributed by atoms with Crippen LogP contribution >= 0.6 is 0 Å². The topological polar surface area (TPSA) is 61.9 Å². The summed E-state index contributed by atoms with van der Waals surface area (Å²) in [6.45, 7) is 3.97. The third-order valence-corrected chi connectivity index (χ3v) is 4.84. The fourth-order valence-electron chi connectivity index (χ4n) is 3.99. The van der Waals surface area contributed by atoms with Crippen LogP contribution in [0.5, 0.6) is 0 Å². The van der Waals surface area contributed by atoms with Crippen LogP contribution < -0.4 is 10.2 Å². The van der Waals surface area contributed by atoms with Crippen LogP contribution in [-0.4, -0.2) is 49.2 Å². The van der Waals surface area contributed by atoms with Crippen molar-refractivity contribution in [2.75, 3.05) is 36.5 Å². The molecule has 2 amide bonds. The molecule has 1 N–H and O–H groups in total. The Balaban J connectivity index is 1.67. The van der Waals surface area contributed by atoms with Crippen LogP contribution in [0.15, 0.2) is 18.2 Å². The predicted molar refractivity (Wildman–Crippen MR) is 82.2 cm³/mol. The highest BCUT2D eigenvalue weighted by atomic mass is 16.6. The summed E-state index contributed by atoms with van der Waals surface area (Å²) in [5.41, 5.74) is 3.27. The smallest absolute Gasteiger partial charge is 0.409 e. The van der Waals surface area contributed by atoms with Crippen LogP contribution in [0.1, 0.15) is 24.8 Å². The second-order valence-corrected chi connectivity index (χ2v) is 6.03. The number of carbonyl (C=O) groups excluding carboxylic acids is 2. The molecule has 0 aromatic heterocycles. The number of benzene rings is 1. The first-order chi connectivity index (χ1) is 10.7. The fraction of sp³-hybridized carbons (Fsp3) is 0.500. The van der Waals surface area contributed by atoms with Gasteiger partial charge in [-0.2, -0.15) is 0 Å². The number of nitrogens with one attached hydrogen (secondary N) is 1. The first-order valence-electron chi connectivity index (χ1n) is 7.80. The molecule has 3 aliphatic heterocycles. The van der Waals surface area contributed by atoms with Gasteiger partial charge in [-0.05, 0) is 25.0 Å². The Labute approximate surface area is 129 Å². The number of nitrogens with zero attached hydrogens (tertiary/aromatic N) is 2. The molecule has 1 aromatic carbocycles. The lowest BCUT2D eigenvalue weighted by Crippen LogP contribution is -2.50. The fourth-order valence-corrected chi connectivity index (χ4v) is 3.99. The number of piperidine rings is 1. The van der Waals surface area contributed by atoms with E-state index in [0.717, 1.165) is 17.8 Å². The summed E-state index contributed by atoms with van der Waals surface area (Å²) in [5.74, 6) is 0.291. The molecule has 4 rings (SSSR count). The van der Waals surface area contributed by atoms with Gasteiger partial charge in [-0.3, -0.25) is 4.79 Å². The summed E-state index contributed by atoms with van der Waals surface area (Å²) >= 11 is 0. The van der Waals surface area contributed by atoms with Crippen molar-refractivity contribution in [2.45, 2.75) is 25.3 Å². The van der Waals surface area contributed by atoms with Gasteiger partial charge in [0.15, 0.2) is 0 Å². The zero-order chi connectivity index (χ0) is 15.3. The summed E-state index contributed by atoms with van der Waals surface area (Å²) in [7, 11) is 0. The number of fused-ring (bicyclic) bond motifs is 3. The minimum Gasteiger partial charge on any atom is -0.450 e. The zero-order valence-corrected chi connectivity index (χ0v) is 12.5. The molecule has 0 bridgehead atoms. The van der Waals surface area contributed by atoms with E-state index in [-0.39, 0.29) is 17.9 Å². The molecule has 6 nitrogen and oxygen atoms in total. The summed E-state index contributed by atoms with van der Waals surface area (Å²) in [6, 6.07) is 6.34. The van der Waals surface area contributed by atoms with Crippen molar-refractivity contribution in [2.24, 2.45) is 0 Å². The summed E-state index contributed by atoms with van der Waals surface area (Å²) < 4.78 is 5.13. The largest absolute Gasteiger partial charge is 0.450 e. The molecule has 2 atom stereocenters. The quantitative estimate of drug-likeness (QED) is 0.859. The van der Waals surface area contributed by atoms with Crippen molar-refractivity contribution in [3.05, 3.63) is 23.8 Å². The molecular formula is C16H19N3O3. The molecule has 3 aliphatic rings.